The normalized spacial score (nSPS) is 22.9. The zero-order chi connectivity index (χ0) is 30.7. The first-order valence-electron chi connectivity index (χ1n) is 13.1. The highest BCUT2D eigenvalue weighted by Gasteiger charge is 2.70. The van der Waals surface area contributed by atoms with E-state index in [1.54, 1.807) is 11.4 Å². The van der Waals surface area contributed by atoms with Gasteiger partial charge in [0, 0.05) is 36.3 Å². The summed E-state index contributed by atoms with van der Waals surface area (Å²) in [6.45, 7) is 8.41. The summed E-state index contributed by atoms with van der Waals surface area (Å²) in [4.78, 5) is 71.9. The predicted octanol–water partition coefficient (Wildman–Crippen LogP) is 1.01. The van der Waals surface area contributed by atoms with Crippen LogP contribution in [-0.2, 0) is 25.6 Å². The van der Waals surface area contributed by atoms with Gasteiger partial charge in [-0.3, -0.25) is 29.0 Å². The standard InChI is InChI=1S/C27H33F3N6O5/c1-25(2,3)19(35-24(41)27(28,29)30)23(40)36-11-14-17(26(14,4)5)18(36)22(39)34-16(20(31)37)9-12-8-13-10-32-7-6-15(13)33-21(12)38/h6-8,10,14,16-19H,9,11H2,1-5H3,(H2,31,37)(H,33,38)(H,34,39)(H,35,41)/t14-,16-,17-,18-,19+/m0/s1. The number of nitrogens with zero attached hydrogens (tertiary/aromatic N) is 2. The van der Waals surface area contributed by atoms with E-state index < -0.39 is 58.9 Å². The van der Waals surface area contributed by atoms with Crippen LogP contribution in [0, 0.1) is 22.7 Å². The number of H-pyrrole nitrogens is 1. The van der Waals surface area contributed by atoms with Gasteiger partial charge in [0.25, 0.3) is 5.56 Å². The number of alkyl halides is 3. The average molecular weight is 579 g/mol. The summed E-state index contributed by atoms with van der Waals surface area (Å²) < 4.78 is 39.2. The molecule has 222 valence electrons. The largest absolute Gasteiger partial charge is 0.471 e. The van der Waals surface area contributed by atoms with Crippen molar-refractivity contribution < 1.29 is 32.3 Å². The second kappa shape index (κ2) is 10.1. The van der Waals surface area contributed by atoms with Gasteiger partial charge in [0.2, 0.25) is 17.7 Å². The van der Waals surface area contributed by atoms with Crippen LogP contribution < -0.4 is 21.9 Å². The molecule has 0 radical (unpaired) electrons. The van der Waals surface area contributed by atoms with Crippen molar-refractivity contribution in [3.63, 3.8) is 0 Å². The van der Waals surface area contributed by atoms with Gasteiger partial charge in [-0.15, -0.1) is 0 Å². The lowest BCUT2D eigenvalue weighted by Gasteiger charge is -2.38. The fourth-order valence-electron chi connectivity index (χ4n) is 5.78. The Morgan fingerprint density at radius 2 is 1.85 bits per heavy atom. The summed E-state index contributed by atoms with van der Waals surface area (Å²) in [6, 6.07) is -0.888. The van der Waals surface area contributed by atoms with Crippen molar-refractivity contribution in [2.24, 2.45) is 28.4 Å². The summed E-state index contributed by atoms with van der Waals surface area (Å²) in [5.41, 5.74) is 4.31. The predicted molar refractivity (Wildman–Crippen MR) is 141 cm³/mol. The number of halogens is 3. The molecule has 14 heteroatoms. The van der Waals surface area contributed by atoms with Gasteiger partial charge in [-0.25, -0.2) is 0 Å². The van der Waals surface area contributed by atoms with Crippen LogP contribution in [0.5, 0.6) is 0 Å². The van der Waals surface area contributed by atoms with E-state index >= 15 is 0 Å². The lowest BCUT2D eigenvalue weighted by atomic mass is 9.85. The van der Waals surface area contributed by atoms with Crippen LogP contribution in [-0.4, -0.2) is 69.3 Å². The molecule has 0 unspecified atom stereocenters. The second-order valence-electron chi connectivity index (χ2n) is 12.4. The molecule has 2 aromatic rings. The number of primary amides is 1. The topological polar surface area (TPSA) is 167 Å². The van der Waals surface area contributed by atoms with Crippen molar-refractivity contribution in [3.05, 3.63) is 40.4 Å². The number of carbonyl (C=O) groups is 4. The van der Waals surface area contributed by atoms with E-state index in [-0.39, 0.29) is 35.8 Å². The van der Waals surface area contributed by atoms with Gasteiger partial charge in [-0.05, 0) is 34.8 Å². The Hall–Kier alpha value is -3.97. The lowest BCUT2D eigenvalue weighted by Crippen LogP contribution is -2.61. The molecule has 0 spiro atoms. The summed E-state index contributed by atoms with van der Waals surface area (Å²) in [7, 11) is 0. The third kappa shape index (κ3) is 5.77. The van der Waals surface area contributed by atoms with Gasteiger partial charge in [0.15, 0.2) is 0 Å². The highest BCUT2D eigenvalue weighted by Crippen LogP contribution is 2.65. The van der Waals surface area contributed by atoms with Crippen molar-refractivity contribution in [1.82, 2.24) is 25.5 Å². The number of likely N-dealkylation sites (tertiary alicyclic amines) is 1. The highest BCUT2D eigenvalue weighted by molar-refractivity contribution is 5.96. The number of nitrogens with two attached hydrogens (primary N) is 1. The molecular formula is C27H33F3N6O5. The minimum Gasteiger partial charge on any atom is -0.368 e. The maximum absolute atomic E-state index is 13.7. The van der Waals surface area contributed by atoms with Gasteiger partial charge in [0.1, 0.15) is 18.1 Å². The zero-order valence-corrected chi connectivity index (χ0v) is 23.3. The molecular weight excluding hydrogens is 545 g/mol. The van der Waals surface area contributed by atoms with Crippen LogP contribution in [0.2, 0.25) is 0 Å². The van der Waals surface area contributed by atoms with E-state index in [1.807, 2.05) is 13.8 Å². The van der Waals surface area contributed by atoms with E-state index in [4.69, 9.17) is 5.73 Å². The maximum Gasteiger partial charge on any atom is 0.471 e. The van der Waals surface area contributed by atoms with E-state index in [0.717, 1.165) is 0 Å². The van der Waals surface area contributed by atoms with Crippen LogP contribution in [0.3, 0.4) is 0 Å². The molecule has 1 saturated carbocycles. The number of nitrogens with one attached hydrogen (secondary N) is 3. The fourth-order valence-corrected chi connectivity index (χ4v) is 5.78. The summed E-state index contributed by atoms with van der Waals surface area (Å²) in [5.74, 6) is -5.21. The molecule has 1 aliphatic carbocycles. The van der Waals surface area contributed by atoms with Gasteiger partial charge in [-0.1, -0.05) is 34.6 Å². The molecule has 1 saturated heterocycles. The molecule has 2 aromatic heterocycles. The molecule has 3 heterocycles. The minimum absolute atomic E-state index is 0.0850. The molecule has 0 aromatic carbocycles. The van der Waals surface area contributed by atoms with E-state index in [2.05, 4.69) is 15.3 Å². The van der Waals surface area contributed by atoms with E-state index in [9.17, 15) is 37.1 Å². The number of piperidine rings is 1. The Bertz CT molecular complexity index is 1460. The third-order valence-electron chi connectivity index (χ3n) is 8.21. The van der Waals surface area contributed by atoms with Crippen molar-refractivity contribution >= 4 is 34.5 Å². The Morgan fingerprint density at radius 1 is 1.20 bits per heavy atom. The van der Waals surface area contributed by atoms with Gasteiger partial charge in [0.05, 0.1) is 5.52 Å². The van der Waals surface area contributed by atoms with Gasteiger partial charge >= 0.3 is 12.1 Å². The van der Waals surface area contributed by atoms with Crippen molar-refractivity contribution in [3.8, 4) is 0 Å². The number of pyridine rings is 2. The summed E-state index contributed by atoms with van der Waals surface area (Å²) in [6.07, 6.45) is -2.43. The number of aromatic amines is 1. The smallest absolute Gasteiger partial charge is 0.368 e. The van der Waals surface area contributed by atoms with Crippen molar-refractivity contribution in [2.45, 2.75) is 65.3 Å². The van der Waals surface area contributed by atoms with Crippen molar-refractivity contribution in [2.75, 3.05) is 6.54 Å². The zero-order valence-electron chi connectivity index (χ0n) is 23.3. The minimum atomic E-state index is -5.21. The Balaban J connectivity index is 1.60. The first-order valence-corrected chi connectivity index (χ1v) is 13.1. The first-order chi connectivity index (χ1) is 18.8. The van der Waals surface area contributed by atoms with Gasteiger partial charge < -0.3 is 26.3 Å². The van der Waals surface area contributed by atoms with Crippen molar-refractivity contribution in [1.29, 1.82) is 0 Å². The average Bonchev–Trinajstić information content (AvgIpc) is 3.18. The molecule has 1 aliphatic heterocycles. The summed E-state index contributed by atoms with van der Waals surface area (Å²) >= 11 is 0. The molecule has 2 aliphatic rings. The van der Waals surface area contributed by atoms with Crippen LogP contribution in [0.15, 0.2) is 29.3 Å². The number of fused-ring (bicyclic) bond motifs is 2. The Labute approximate surface area is 233 Å². The van der Waals surface area contributed by atoms with Crippen LogP contribution >= 0.6 is 0 Å². The highest BCUT2D eigenvalue weighted by atomic mass is 19.4. The number of aromatic nitrogens is 2. The van der Waals surface area contributed by atoms with E-state index in [0.29, 0.717) is 10.9 Å². The number of rotatable bonds is 7. The molecule has 0 bridgehead atoms. The number of amides is 4. The quantitative estimate of drug-likeness (QED) is 0.383. The number of hydrogen-bond acceptors (Lipinski definition) is 6. The lowest BCUT2D eigenvalue weighted by molar-refractivity contribution is -0.176. The monoisotopic (exact) mass is 578 g/mol. The second-order valence-corrected chi connectivity index (χ2v) is 12.4. The Kier molecular flexibility index (Phi) is 7.42. The van der Waals surface area contributed by atoms with E-state index in [1.165, 1.54) is 44.1 Å². The molecule has 41 heavy (non-hydrogen) atoms. The third-order valence-corrected chi connectivity index (χ3v) is 8.21. The molecule has 4 amide bonds. The summed E-state index contributed by atoms with van der Waals surface area (Å²) in [5, 5.41) is 4.95. The molecule has 5 atom stereocenters. The molecule has 5 N–H and O–H groups in total. The fraction of sp³-hybridized carbons (Fsp3) is 0.556. The SMILES string of the molecule is CC(C)(C)[C@H](NC(=O)C(F)(F)F)C(=O)N1C[C@H]2[C@@H]([C@H]1C(=O)N[C@@H](Cc1cc3cnccc3[nH]c1=O)C(N)=O)C2(C)C. The van der Waals surface area contributed by atoms with Crippen LogP contribution in [0.1, 0.15) is 40.2 Å². The number of hydrogen-bond donors (Lipinski definition) is 4. The van der Waals surface area contributed by atoms with Crippen LogP contribution in [0.25, 0.3) is 10.9 Å². The molecule has 2 fully saturated rings. The Morgan fingerprint density at radius 3 is 2.44 bits per heavy atom. The van der Waals surface area contributed by atoms with Gasteiger partial charge in [-0.2, -0.15) is 13.2 Å². The first kappa shape index (κ1) is 30.0. The molecule has 4 rings (SSSR count). The molecule has 11 nitrogen and oxygen atoms in total. The number of carbonyl (C=O) groups excluding carboxylic acids is 4. The van der Waals surface area contributed by atoms with Crippen LogP contribution in [0.4, 0.5) is 13.2 Å². The maximum atomic E-state index is 13.7.